The maximum atomic E-state index is 11.6. The SMILES string of the molecule is CCNS(=O)(=O)CCNc1c(C#N)cnc2ccccc12. The van der Waals surface area contributed by atoms with Crippen LogP contribution in [0.3, 0.4) is 0 Å². The minimum absolute atomic E-state index is 0.0532. The summed E-state index contributed by atoms with van der Waals surface area (Å²) in [5.74, 6) is -0.0532. The topological polar surface area (TPSA) is 94.9 Å². The molecule has 6 nitrogen and oxygen atoms in total. The van der Waals surface area contributed by atoms with E-state index in [2.05, 4.69) is 21.1 Å². The summed E-state index contributed by atoms with van der Waals surface area (Å²) in [5, 5.41) is 13.0. The van der Waals surface area contributed by atoms with Crippen LogP contribution in [0.25, 0.3) is 10.9 Å². The Morgan fingerprint density at radius 3 is 2.81 bits per heavy atom. The fourth-order valence-electron chi connectivity index (χ4n) is 2.02. The van der Waals surface area contributed by atoms with Gasteiger partial charge >= 0.3 is 0 Å². The van der Waals surface area contributed by atoms with Crippen molar-refractivity contribution >= 4 is 26.6 Å². The molecule has 0 aliphatic carbocycles. The van der Waals surface area contributed by atoms with Crippen LogP contribution in [0.5, 0.6) is 0 Å². The van der Waals surface area contributed by atoms with Crippen LogP contribution < -0.4 is 10.0 Å². The summed E-state index contributed by atoms with van der Waals surface area (Å²) in [6.45, 7) is 2.32. The Bertz CT molecular complexity index is 781. The lowest BCUT2D eigenvalue weighted by molar-refractivity contribution is 0.584. The van der Waals surface area contributed by atoms with Gasteiger partial charge in [0.2, 0.25) is 10.0 Å². The third-order valence-electron chi connectivity index (χ3n) is 2.93. The number of pyridine rings is 1. The molecule has 1 aromatic carbocycles. The molecule has 0 radical (unpaired) electrons. The highest BCUT2D eigenvalue weighted by Crippen LogP contribution is 2.24. The van der Waals surface area contributed by atoms with Crippen LogP contribution in [0.15, 0.2) is 30.5 Å². The molecule has 110 valence electrons. The van der Waals surface area contributed by atoms with Gasteiger partial charge in [-0.1, -0.05) is 25.1 Å². The Morgan fingerprint density at radius 1 is 1.33 bits per heavy atom. The fourth-order valence-corrected chi connectivity index (χ4v) is 2.97. The van der Waals surface area contributed by atoms with Gasteiger partial charge in [0.05, 0.1) is 22.5 Å². The molecule has 0 spiro atoms. The third kappa shape index (κ3) is 3.68. The van der Waals surface area contributed by atoms with Gasteiger partial charge < -0.3 is 5.32 Å². The van der Waals surface area contributed by atoms with E-state index in [4.69, 9.17) is 5.26 Å². The second-order valence-electron chi connectivity index (χ2n) is 4.42. The number of nitriles is 1. The number of hydrogen-bond donors (Lipinski definition) is 2. The second-order valence-corrected chi connectivity index (χ2v) is 6.35. The van der Waals surface area contributed by atoms with Gasteiger partial charge in [-0.25, -0.2) is 13.1 Å². The van der Waals surface area contributed by atoms with Crippen LogP contribution >= 0.6 is 0 Å². The van der Waals surface area contributed by atoms with E-state index in [9.17, 15) is 8.42 Å². The average Bonchev–Trinajstić information content (AvgIpc) is 2.47. The maximum absolute atomic E-state index is 11.6. The number of rotatable bonds is 6. The summed E-state index contributed by atoms with van der Waals surface area (Å²) >= 11 is 0. The van der Waals surface area contributed by atoms with Crippen molar-refractivity contribution < 1.29 is 8.42 Å². The molecule has 0 aliphatic rings. The normalized spacial score (nSPS) is 11.2. The lowest BCUT2D eigenvalue weighted by atomic mass is 10.1. The first-order valence-corrected chi connectivity index (χ1v) is 8.21. The number of sulfonamides is 1. The molecule has 0 amide bonds. The number of aromatic nitrogens is 1. The predicted molar refractivity (Wildman–Crippen MR) is 82.4 cm³/mol. The highest BCUT2D eigenvalue weighted by Gasteiger charge is 2.11. The highest BCUT2D eigenvalue weighted by atomic mass is 32.2. The van der Waals surface area contributed by atoms with Crippen LogP contribution in [0.2, 0.25) is 0 Å². The number of benzene rings is 1. The Morgan fingerprint density at radius 2 is 2.10 bits per heavy atom. The molecular formula is C14H16N4O2S. The van der Waals surface area contributed by atoms with E-state index < -0.39 is 10.0 Å². The van der Waals surface area contributed by atoms with Gasteiger partial charge in [-0.3, -0.25) is 4.98 Å². The van der Waals surface area contributed by atoms with Crippen molar-refractivity contribution in [2.75, 3.05) is 24.2 Å². The minimum Gasteiger partial charge on any atom is -0.382 e. The van der Waals surface area contributed by atoms with Gasteiger partial charge in [-0.05, 0) is 6.07 Å². The molecule has 1 heterocycles. The monoisotopic (exact) mass is 304 g/mol. The van der Waals surface area contributed by atoms with E-state index in [-0.39, 0.29) is 12.3 Å². The molecule has 0 saturated heterocycles. The summed E-state index contributed by atoms with van der Waals surface area (Å²) < 4.78 is 25.6. The van der Waals surface area contributed by atoms with Crippen molar-refractivity contribution in [1.29, 1.82) is 5.26 Å². The molecule has 2 rings (SSSR count). The van der Waals surface area contributed by atoms with Crippen molar-refractivity contribution in [1.82, 2.24) is 9.71 Å². The molecule has 2 N–H and O–H groups in total. The van der Waals surface area contributed by atoms with E-state index in [1.807, 2.05) is 24.3 Å². The standard InChI is InChI=1S/C14H16N4O2S/c1-2-18-21(19,20)8-7-16-14-11(9-15)10-17-13-6-4-3-5-12(13)14/h3-6,10,18H,2,7-8H2,1H3,(H,16,17). The van der Waals surface area contributed by atoms with E-state index in [0.717, 1.165) is 10.9 Å². The first-order chi connectivity index (χ1) is 10.1. The fraction of sp³-hybridized carbons (Fsp3) is 0.286. The molecule has 0 aliphatic heterocycles. The number of nitrogens with zero attached hydrogens (tertiary/aromatic N) is 2. The molecule has 0 bridgehead atoms. The summed E-state index contributed by atoms with van der Waals surface area (Å²) in [5.41, 5.74) is 1.78. The molecule has 0 fully saturated rings. The number of nitrogens with one attached hydrogen (secondary N) is 2. The van der Waals surface area contributed by atoms with Gasteiger partial charge in [-0.2, -0.15) is 5.26 Å². The summed E-state index contributed by atoms with van der Waals surface area (Å²) in [7, 11) is -3.29. The Labute approximate surface area is 123 Å². The Kier molecular flexibility index (Phi) is 4.73. The number of anilines is 1. The quantitative estimate of drug-likeness (QED) is 0.842. The van der Waals surface area contributed by atoms with E-state index in [1.54, 1.807) is 6.92 Å². The van der Waals surface area contributed by atoms with E-state index >= 15 is 0 Å². The highest BCUT2D eigenvalue weighted by molar-refractivity contribution is 7.89. The van der Waals surface area contributed by atoms with Crippen molar-refractivity contribution in [2.45, 2.75) is 6.92 Å². The summed E-state index contributed by atoms with van der Waals surface area (Å²) in [6, 6.07) is 9.48. The summed E-state index contributed by atoms with van der Waals surface area (Å²) in [4.78, 5) is 4.21. The van der Waals surface area contributed by atoms with Crippen LogP contribution in [-0.4, -0.2) is 32.2 Å². The van der Waals surface area contributed by atoms with Gasteiger partial charge in [-0.15, -0.1) is 0 Å². The first kappa shape index (κ1) is 15.2. The number of hydrogen-bond acceptors (Lipinski definition) is 5. The predicted octanol–water partition coefficient (Wildman–Crippen LogP) is 1.46. The van der Waals surface area contributed by atoms with Gasteiger partial charge in [0, 0.05) is 24.7 Å². The van der Waals surface area contributed by atoms with Crippen molar-refractivity contribution in [3.05, 3.63) is 36.0 Å². The largest absolute Gasteiger partial charge is 0.382 e. The molecule has 21 heavy (non-hydrogen) atoms. The zero-order chi connectivity index (χ0) is 15.3. The zero-order valence-electron chi connectivity index (χ0n) is 11.6. The minimum atomic E-state index is -3.29. The van der Waals surface area contributed by atoms with Crippen LogP contribution in [0.1, 0.15) is 12.5 Å². The van der Waals surface area contributed by atoms with Gasteiger partial charge in [0.1, 0.15) is 6.07 Å². The molecule has 0 unspecified atom stereocenters. The van der Waals surface area contributed by atoms with Crippen molar-refractivity contribution in [3.63, 3.8) is 0 Å². The Hall–Kier alpha value is -2.17. The van der Waals surface area contributed by atoms with Crippen molar-refractivity contribution in [2.24, 2.45) is 0 Å². The first-order valence-electron chi connectivity index (χ1n) is 6.56. The number of para-hydroxylation sites is 1. The molecular weight excluding hydrogens is 288 g/mol. The van der Waals surface area contributed by atoms with Crippen LogP contribution in [0, 0.1) is 11.3 Å². The van der Waals surface area contributed by atoms with E-state index in [0.29, 0.717) is 17.8 Å². The smallest absolute Gasteiger partial charge is 0.213 e. The average molecular weight is 304 g/mol. The van der Waals surface area contributed by atoms with Gasteiger partial charge in [0.15, 0.2) is 0 Å². The van der Waals surface area contributed by atoms with Crippen LogP contribution in [-0.2, 0) is 10.0 Å². The second kappa shape index (κ2) is 6.52. The lowest BCUT2D eigenvalue weighted by Crippen LogP contribution is -2.29. The Balaban J connectivity index is 2.24. The third-order valence-corrected chi connectivity index (χ3v) is 4.40. The van der Waals surface area contributed by atoms with E-state index in [1.165, 1.54) is 6.20 Å². The molecule has 0 saturated carbocycles. The molecule has 2 aromatic rings. The van der Waals surface area contributed by atoms with Crippen LogP contribution in [0.4, 0.5) is 5.69 Å². The lowest BCUT2D eigenvalue weighted by Gasteiger charge is -2.11. The number of fused-ring (bicyclic) bond motifs is 1. The molecule has 7 heteroatoms. The summed E-state index contributed by atoms with van der Waals surface area (Å²) in [6.07, 6.45) is 1.49. The zero-order valence-corrected chi connectivity index (χ0v) is 12.4. The van der Waals surface area contributed by atoms with Gasteiger partial charge in [0.25, 0.3) is 0 Å². The molecule has 1 aromatic heterocycles. The van der Waals surface area contributed by atoms with Crippen molar-refractivity contribution in [3.8, 4) is 6.07 Å². The maximum Gasteiger partial charge on any atom is 0.213 e. The molecule has 0 atom stereocenters.